The van der Waals surface area contributed by atoms with Gasteiger partial charge in [0.15, 0.2) is 0 Å². The van der Waals surface area contributed by atoms with Crippen LogP contribution in [0.4, 0.5) is 5.69 Å². The zero-order chi connectivity index (χ0) is 20.5. The monoisotopic (exact) mass is 453 g/mol. The number of fused-ring (bicyclic) bond motifs is 3. The number of carbonyl (C=O) groups excluding carboxylic acids is 1. The van der Waals surface area contributed by atoms with E-state index in [0.717, 1.165) is 45.6 Å². The number of nitrogens with zero attached hydrogens (tertiary/aromatic N) is 4. The van der Waals surface area contributed by atoms with Gasteiger partial charge in [0.25, 0.3) is 0 Å². The van der Waals surface area contributed by atoms with Gasteiger partial charge in [-0.3, -0.25) is 4.79 Å². The number of para-hydroxylation sites is 1. The van der Waals surface area contributed by atoms with Gasteiger partial charge in [-0.15, -0.1) is 5.10 Å². The maximum atomic E-state index is 12.3. The van der Waals surface area contributed by atoms with E-state index in [0.29, 0.717) is 6.42 Å². The second-order valence-electron chi connectivity index (χ2n) is 7.59. The van der Waals surface area contributed by atoms with Crippen LogP contribution in [0.15, 0.2) is 46.9 Å². The summed E-state index contributed by atoms with van der Waals surface area (Å²) in [4.78, 5) is 13.9. The van der Waals surface area contributed by atoms with Gasteiger partial charge in [0.05, 0.1) is 23.9 Å². The Morgan fingerprint density at radius 2 is 2.07 bits per heavy atom. The smallest absolute Gasteiger partial charge is 0.226 e. The summed E-state index contributed by atoms with van der Waals surface area (Å²) in [6, 6.07) is 14.5. The van der Waals surface area contributed by atoms with E-state index in [-0.39, 0.29) is 11.9 Å². The SMILES string of the molecule is Cc1nnn2c1-c1ccc(Br)cc1C(Nc1ccccc1CC(=O)N(C)C)CC2. The fraction of sp³-hybridized carbons (Fsp3) is 0.318. The van der Waals surface area contributed by atoms with E-state index in [1.165, 1.54) is 5.56 Å². The van der Waals surface area contributed by atoms with Crippen molar-refractivity contribution in [1.29, 1.82) is 0 Å². The van der Waals surface area contributed by atoms with E-state index in [1.807, 2.05) is 35.9 Å². The lowest BCUT2D eigenvalue weighted by atomic mass is 9.96. The fourth-order valence-electron chi connectivity index (χ4n) is 3.81. The van der Waals surface area contributed by atoms with Crippen LogP contribution in [0, 0.1) is 6.92 Å². The fourth-order valence-corrected chi connectivity index (χ4v) is 4.19. The molecule has 0 fully saturated rings. The van der Waals surface area contributed by atoms with Crippen LogP contribution < -0.4 is 5.32 Å². The summed E-state index contributed by atoms with van der Waals surface area (Å²) >= 11 is 3.63. The second kappa shape index (κ2) is 7.99. The summed E-state index contributed by atoms with van der Waals surface area (Å²) < 4.78 is 3.03. The van der Waals surface area contributed by atoms with Crippen molar-refractivity contribution >= 4 is 27.5 Å². The van der Waals surface area contributed by atoms with Crippen LogP contribution in [0.3, 0.4) is 0 Å². The van der Waals surface area contributed by atoms with Gasteiger partial charge in [0, 0.05) is 36.4 Å². The summed E-state index contributed by atoms with van der Waals surface area (Å²) in [7, 11) is 3.57. The van der Waals surface area contributed by atoms with Gasteiger partial charge in [0.1, 0.15) is 0 Å². The second-order valence-corrected chi connectivity index (χ2v) is 8.50. The third kappa shape index (κ3) is 3.92. The molecule has 1 atom stereocenters. The molecule has 150 valence electrons. The van der Waals surface area contributed by atoms with E-state index in [9.17, 15) is 4.79 Å². The highest BCUT2D eigenvalue weighted by molar-refractivity contribution is 9.10. The lowest BCUT2D eigenvalue weighted by Crippen LogP contribution is -2.24. The Hall–Kier alpha value is -2.67. The summed E-state index contributed by atoms with van der Waals surface area (Å²) in [6.45, 7) is 2.78. The van der Waals surface area contributed by atoms with Crippen molar-refractivity contribution < 1.29 is 4.79 Å². The number of halogens is 1. The van der Waals surface area contributed by atoms with Crippen LogP contribution in [0.2, 0.25) is 0 Å². The molecule has 1 N–H and O–H groups in total. The number of benzene rings is 2. The number of rotatable bonds is 4. The summed E-state index contributed by atoms with van der Waals surface area (Å²) in [5, 5.41) is 12.3. The standard InChI is InChI=1S/C22H24BrN5O/c1-14-22-17-9-8-16(23)13-18(17)20(10-11-28(22)26-25-14)24-19-7-5-4-6-15(19)12-21(29)27(2)3/h4-9,13,20,24H,10-12H2,1-3H3. The van der Waals surface area contributed by atoms with E-state index >= 15 is 0 Å². The third-order valence-electron chi connectivity index (χ3n) is 5.36. The topological polar surface area (TPSA) is 63.1 Å². The number of hydrogen-bond acceptors (Lipinski definition) is 4. The summed E-state index contributed by atoms with van der Waals surface area (Å²) in [5.41, 5.74) is 6.36. The first-order valence-corrected chi connectivity index (χ1v) is 10.5. The van der Waals surface area contributed by atoms with Gasteiger partial charge < -0.3 is 10.2 Å². The number of nitrogens with one attached hydrogen (secondary N) is 1. The van der Waals surface area contributed by atoms with Crippen LogP contribution in [-0.2, 0) is 17.8 Å². The first-order valence-electron chi connectivity index (χ1n) is 9.68. The maximum absolute atomic E-state index is 12.3. The zero-order valence-corrected chi connectivity index (χ0v) is 18.4. The van der Waals surface area contributed by atoms with E-state index in [1.54, 1.807) is 19.0 Å². The van der Waals surface area contributed by atoms with Crippen molar-refractivity contribution in [3.8, 4) is 11.3 Å². The quantitative estimate of drug-likeness (QED) is 0.642. The van der Waals surface area contributed by atoms with Crippen LogP contribution >= 0.6 is 15.9 Å². The molecule has 0 saturated carbocycles. The van der Waals surface area contributed by atoms with E-state index < -0.39 is 0 Å². The molecule has 3 aromatic rings. The van der Waals surface area contributed by atoms with Crippen molar-refractivity contribution in [2.24, 2.45) is 0 Å². The Kier molecular flexibility index (Phi) is 5.41. The highest BCUT2D eigenvalue weighted by Gasteiger charge is 2.26. The summed E-state index contributed by atoms with van der Waals surface area (Å²) in [5.74, 6) is 0.0881. The summed E-state index contributed by atoms with van der Waals surface area (Å²) in [6.07, 6.45) is 1.24. The molecule has 1 aliphatic rings. The Morgan fingerprint density at radius 3 is 2.86 bits per heavy atom. The van der Waals surface area contributed by atoms with Gasteiger partial charge >= 0.3 is 0 Å². The van der Waals surface area contributed by atoms with Gasteiger partial charge in [0.2, 0.25) is 5.91 Å². The van der Waals surface area contributed by atoms with Crippen LogP contribution in [-0.4, -0.2) is 39.9 Å². The molecule has 29 heavy (non-hydrogen) atoms. The van der Waals surface area contributed by atoms with Crippen LogP contribution in [0.5, 0.6) is 0 Å². The average molecular weight is 454 g/mol. The maximum Gasteiger partial charge on any atom is 0.226 e. The lowest BCUT2D eigenvalue weighted by molar-refractivity contribution is -0.127. The molecule has 0 saturated heterocycles. The largest absolute Gasteiger partial charge is 0.378 e. The first-order chi connectivity index (χ1) is 13.9. The third-order valence-corrected chi connectivity index (χ3v) is 5.86. The number of aryl methyl sites for hydroxylation is 2. The van der Waals surface area contributed by atoms with Gasteiger partial charge in [-0.05, 0) is 42.7 Å². The predicted octanol–water partition coefficient (Wildman–Crippen LogP) is 4.20. The molecule has 6 nitrogen and oxygen atoms in total. The highest BCUT2D eigenvalue weighted by atomic mass is 79.9. The number of anilines is 1. The van der Waals surface area contributed by atoms with Gasteiger partial charge in [-0.1, -0.05) is 45.4 Å². The van der Waals surface area contributed by atoms with Crippen molar-refractivity contribution in [1.82, 2.24) is 19.9 Å². The number of carbonyl (C=O) groups is 1. The van der Waals surface area contributed by atoms with Crippen LogP contribution in [0.25, 0.3) is 11.3 Å². The Morgan fingerprint density at radius 1 is 1.28 bits per heavy atom. The molecule has 4 rings (SSSR count). The molecule has 1 aliphatic heterocycles. The van der Waals surface area contributed by atoms with Gasteiger partial charge in [-0.25, -0.2) is 4.68 Å². The minimum Gasteiger partial charge on any atom is -0.378 e. The molecule has 2 heterocycles. The minimum atomic E-state index is 0.0881. The number of hydrogen-bond donors (Lipinski definition) is 1. The molecule has 0 spiro atoms. The Balaban J connectivity index is 1.72. The normalized spacial score (nSPS) is 15.2. The Bertz CT molecular complexity index is 1060. The molecule has 0 bridgehead atoms. The molecule has 2 aromatic carbocycles. The van der Waals surface area contributed by atoms with Crippen molar-refractivity contribution in [3.05, 3.63) is 63.8 Å². The van der Waals surface area contributed by atoms with E-state index in [2.05, 4.69) is 49.8 Å². The molecule has 1 unspecified atom stereocenters. The van der Waals surface area contributed by atoms with Gasteiger partial charge in [-0.2, -0.15) is 0 Å². The molecular formula is C22H24BrN5O. The number of amides is 1. The molecule has 1 aromatic heterocycles. The molecule has 0 radical (unpaired) electrons. The molecular weight excluding hydrogens is 430 g/mol. The van der Waals surface area contributed by atoms with Crippen LogP contribution in [0.1, 0.15) is 29.3 Å². The van der Waals surface area contributed by atoms with Crippen molar-refractivity contribution in [2.45, 2.75) is 32.4 Å². The minimum absolute atomic E-state index is 0.0881. The average Bonchev–Trinajstić information content (AvgIpc) is 2.98. The molecule has 0 aliphatic carbocycles. The predicted molar refractivity (Wildman–Crippen MR) is 118 cm³/mol. The Labute approximate surface area is 179 Å². The zero-order valence-electron chi connectivity index (χ0n) is 16.8. The van der Waals surface area contributed by atoms with Crippen molar-refractivity contribution in [2.75, 3.05) is 19.4 Å². The first kappa shape index (κ1) is 19.6. The number of aromatic nitrogens is 3. The highest BCUT2D eigenvalue weighted by Crippen LogP contribution is 2.38. The lowest BCUT2D eigenvalue weighted by Gasteiger charge is -2.23. The molecule has 7 heteroatoms. The van der Waals surface area contributed by atoms with Crippen molar-refractivity contribution in [3.63, 3.8) is 0 Å². The van der Waals surface area contributed by atoms with E-state index in [4.69, 9.17) is 0 Å². The number of likely N-dealkylation sites (N-methyl/N-ethyl adjacent to an activating group) is 1. The molecule has 1 amide bonds.